The average molecular weight is 214 g/mol. The van der Waals surface area contributed by atoms with Crippen LogP contribution in [0, 0.1) is 5.92 Å². The molecule has 2 fully saturated rings. The van der Waals surface area contributed by atoms with Gasteiger partial charge in [-0.15, -0.1) is 0 Å². The minimum absolute atomic E-state index is 0.409. The van der Waals surface area contributed by atoms with Crippen molar-refractivity contribution < 1.29 is 0 Å². The molecule has 1 aromatic rings. The highest BCUT2D eigenvalue weighted by Crippen LogP contribution is 2.46. The zero-order valence-electron chi connectivity index (χ0n) is 9.42. The first-order valence-electron chi connectivity index (χ1n) is 6.17. The number of nitrogens with zero attached hydrogens (tertiary/aromatic N) is 1. The summed E-state index contributed by atoms with van der Waals surface area (Å²) in [4.78, 5) is 4.61. The van der Waals surface area contributed by atoms with Gasteiger partial charge in [-0.1, -0.05) is 30.3 Å². The van der Waals surface area contributed by atoms with Crippen molar-refractivity contribution in [1.82, 2.24) is 0 Å². The molecular formula is C14H18N2. The van der Waals surface area contributed by atoms with Crippen LogP contribution < -0.4 is 5.73 Å². The van der Waals surface area contributed by atoms with Crippen molar-refractivity contribution in [1.29, 1.82) is 0 Å². The molecule has 1 unspecified atom stereocenters. The van der Waals surface area contributed by atoms with Crippen LogP contribution in [0.15, 0.2) is 35.3 Å². The molecule has 2 aliphatic carbocycles. The summed E-state index contributed by atoms with van der Waals surface area (Å²) in [6.07, 6.45) is 5.61. The summed E-state index contributed by atoms with van der Waals surface area (Å²) >= 11 is 0. The van der Waals surface area contributed by atoms with Gasteiger partial charge in [-0.2, -0.15) is 0 Å². The number of rotatable bonds is 3. The lowest BCUT2D eigenvalue weighted by molar-refractivity contribution is 0.354. The maximum absolute atomic E-state index is 5.74. The van der Waals surface area contributed by atoms with E-state index in [1.807, 2.05) is 0 Å². The first-order chi connectivity index (χ1) is 7.83. The van der Waals surface area contributed by atoms with Crippen molar-refractivity contribution in [3.05, 3.63) is 35.9 Å². The predicted molar refractivity (Wildman–Crippen MR) is 66.8 cm³/mol. The third-order valence-corrected chi connectivity index (χ3v) is 3.71. The molecule has 2 atom stereocenters. The zero-order valence-corrected chi connectivity index (χ0v) is 9.42. The minimum atomic E-state index is 0.409. The quantitative estimate of drug-likeness (QED) is 0.771. The summed E-state index contributed by atoms with van der Waals surface area (Å²) in [5.41, 5.74) is 7.20. The third kappa shape index (κ3) is 2.03. The van der Waals surface area contributed by atoms with E-state index < -0.39 is 0 Å². The van der Waals surface area contributed by atoms with Gasteiger partial charge in [0.05, 0.1) is 6.04 Å². The smallest absolute Gasteiger partial charge is 0.0525 e. The van der Waals surface area contributed by atoms with Gasteiger partial charge in [-0.05, 0) is 30.7 Å². The van der Waals surface area contributed by atoms with Gasteiger partial charge in [0.15, 0.2) is 0 Å². The van der Waals surface area contributed by atoms with Crippen LogP contribution in [0.3, 0.4) is 0 Å². The number of hydrogen-bond acceptors (Lipinski definition) is 2. The first kappa shape index (κ1) is 10.0. The molecule has 2 N–H and O–H groups in total. The lowest BCUT2D eigenvalue weighted by Gasteiger charge is -2.28. The maximum atomic E-state index is 5.74. The van der Waals surface area contributed by atoms with Crippen LogP contribution in [0.2, 0.25) is 0 Å². The molecule has 0 saturated heterocycles. The minimum Gasteiger partial charge on any atom is -0.328 e. The van der Waals surface area contributed by atoms with Crippen LogP contribution in [-0.4, -0.2) is 18.3 Å². The fraction of sp³-hybridized carbons (Fsp3) is 0.500. The van der Waals surface area contributed by atoms with E-state index in [9.17, 15) is 0 Å². The van der Waals surface area contributed by atoms with Crippen LogP contribution in [0.25, 0.3) is 0 Å². The van der Waals surface area contributed by atoms with E-state index in [1.54, 1.807) is 0 Å². The highest BCUT2D eigenvalue weighted by atomic mass is 14.9. The van der Waals surface area contributed by atoms with Gasteiger partial charge < -0.3 is 5.73 Å². The Morgan fingerprint density at radius 3 is 2.56 bits per heavy atom. The van der Waals surface area contributed by atoms with E-state index in [-0.39, 0.29) is 0 Å². The summed E-state index contributed by atoms with van der Waals surface area (Å²) in [5.74, 6) is 1.40. The third-order valence-electron chi connectivity index (χ3n) is 3.71. The van der Waals surface area contributed by atoms with Crippen LogP contribution in [0.1, 0.15) is 30.7 Å². The first-order valence-corrected chi connectivity index (χ1v) is 6.17. The second kappa shape index (κ2) is 4.02. The molecule has 0 aliphatic heterocycles. The number of benzene rings is 1. The van der Waals surface area contributed by atoms with Gasteiger partial charge in [0.2, 0.25) is 0 Å². The highest BCUT2D eigenvalue weighted by molar-refractivity contribution is 5.67. The second-order valence-electron chi connectivity index (χ2n) is 5.10. The Kier molecular flexibility index (Phi) is 2.52. The van der Waals surface area contributed by atoms with Crippen molar-refractivity contribution >= 4 is 6.21 Å². The molecule has 16 heavy (non-hydrogen) atoms. The lowest BCUT2D eigenvalue weighted by Crippen LogP contribution is -2.39. The van der Waals surface area contributed by atoms with Gasteiger partial charge in [0.25, 0.3) is 0 Å². The molecule has 0 bridgehead atoms. The topological polar surface area (TPSA) is 38.4 Å². The van der Waals surface area contributed by atoms with Crippen molar-refractivity contribution in [3.8, 4) is 0 Å². The van der Waals surface area contributed by atoms with E-state index in [0.717, 1.165) is 18.8 Å². The van der Waals surface area contributed by atoms with Crippen molar-refractivity contribution in [2.45, 2.75) is 37.3 Å². The molecule has 0 aromatic heterocycles. The fourth-order valence-corrected chi connectivity index (χ4v) is 2.45. The molecule has 0 radical (unpaired) electrons. The van der Waals surface area contributed by atoms with Gasteiger partial charge in [-0.3, -0.25) is 4.99 Å². The molecule has 3 rings (SSSR count). The van der Waals surface area contributed by atoms with Crippen molar-refractivity contribution in [2.24, 2.45) is 16.6 Å². The Labute approximate surface area is 96.6 Å². The molecule has 2 aliphatic rings. The monoisotopic (exact) mass is 214 g/mol. The number of nitrogens with two attached hydrogens (primary N) is 1. The molecule has 0 spiro atoms. The van der Waals surface area contributed by atoms with Crippen molar-refractivity contribution in [3.63, 3.8) is 0 Å². The van der Waals surface area contributed by atoms with Gasteiger partial charge in [0.1, 0.15) is 0 Å². The van der Waals surface area contributed by atoms with Gasteiger partial charge >= 0.3 is 0 Å². The zero-order chi connectivity index (χ0) is 11.0. The van der Waals surface area contributed by atoms with Crippen LogP contribution >= 0.6 is 0 Å². The fourth-order valence-electron chi connectivity index (χ4n) is 2.45. The summed E-state index contributed by atoms with van der Waals surface area (Å²) in [7, 11) is 0. The Morgan fingerprint density at radius 2 is 1.88 bits per heavy atom. The van der Waals surface area contributed by atoms with E-state index >= 15 is 0 Å². The van der Waals surface area contributed by atoms with Gasteiger partial charge in [0, 0.05) is 18.2 Å². The Hall–Kier alpha value is -1.15. The number of aliphatic imine (C=N–C) groups is 1. The average Bonchev–Trinajstić information content (AvgIpc) is 3.04. The molecule has 2 saturated carbocycles. The summed E-state index contributed by atoms with van der Waals surface area (Å²) in [6.45, 7) is 0. The largest absolute Gasteiger partial charge is 0.328 e. The summed E-state index contributed by atoms with van der Waals surface area (Å²) < 4.78 is 0. The van der Waals surface area contributed by atoms with Crippen LogP contribution in [0.4, 0.5) is 0 Å². The van der Waals surface area contributed by atoms with E-state index in [4.69, 9.17) is 5.73 Å². The molecule has 84 valence electrons. The Morgan fingerprint density at radius 1 is 1.12 bits per heavy atom. The summed E-state index contributed by atoms with van der Waals surface area (Å²) in [5, 5.41) is 0. The van der Waals surface area contributed by atoms with Crippen LogP contribution in [0.5, 0.6) is 0 Å². The molecule has 2 nitrogen and oxygen atoms in total. The second-order valence-corrected chi connectivity index (χ2v) is 5.10. The van der Waals surface area contributed by atoms with Gasteiger partial charge in [-0.25, -0.2) is 0 Å². The van der Waals surface area contributed by atoms with Crippen LogP contribution in [-0.2, 0) is 0 Å². The van der Waals surface area contributed by atoms with E-state index in [0.29, 0.717) is 18.0 Å². The van der Waals surface area contributed by atoms with E-state index in [2.05, 4.69) is 41.5 Å². The standard InChI is InChI=1S/C14H18N2/c15-12-7-13(8-12)16-9-11-6-14(11)10-4-2-1-3-5-10/h1-5,9,11-14H,6-8,15H2/t11?,12-,13-,14-/m1/s1. The molecular weight excluding hydrogens is 196 g/mol. The Bertz CT molecular complexity index is 379. The van der Waals surface area contributed by atoms with E-state index in [1.165, 1.54) is 12.0 Å². The number of hydrogen-bond donors (Lipinski definition) is 1. The predicted octanol–water partition coefficient (Wildman–Crippen LogP) is 2.35. The normalized spacial score (nSPS) is 37.3. The lowest BCUT2D eigenvalue weighted by atomic mass is 9.88. The maximum Gasteiger partial charge on any atom is 0.0525 e. The molecule has 2 heteroatoms. The summed E-state index contributed by atoms with van der Waals surface area (Å²) in [6, 6.07) is 11.7. The molecule has 0 heterocycles. The molecule has 0 amide bonds. The molecule has 1 aromatic carbocycles. The SMILES string of the molecule is N[C@H]1C[C@H](N=CC2C[C@@H]2c2ccccc2)C1. The Balaban J connectivity index is 1.53. The highest BCUT2D eigenvalue weighted by Gasteiger charge is 2.37. The van der Waals surface area contributed by atoms with Crippen molar-refractivity contribution in [2.75, 3.05) is 0 Å².